The van der Waals surface area contributed by atoms with Gasteiger partial charge in [0.1, 0.15) is 5.54 Å². The molecule has 2 N–H and O–H groups in total. The molecule has 8 nitrogen and oxygen atoms in total. The number of rotatable bonds is 4. The first-order valence-electron chi connectivity index (χ1n) is 7.85. The Kier molecular flexibility index (Phi) is 6.36. The first kappa shape index (κ1) is 22.5. The maximum atomic E-state index is 11.7. The van der Waals surface area contributed by atoms with Crippen LogP contribution in [0.15, 0.2) is 30.6 Å². The number of hydrogen-bond donors (Lipinski definition) is 1. The predicted octanol–water partition coefficient (Wildman–Crippen LogP) is 2.07. The van der Waals surface area contributed by atoms with Gasteiger partial charge in [0.25, 0.3) is 0 Å². The van der Waals surface area contributed by atoms with Crippen molar-refractivity contribution in [2.24, 2.45) is 0 Å². The SMILES string of the molecule is CS(=O)(=O)N1CC(CC#N)(n2cc(-c3cccc4nc(N)sc34)cn2)C1.[CH3-].[W]. The van der Waals surface area contributed by atoms with Crippen molar-refractivity contribution in [3.05, 3.63) is 38.0 Å². The average Bonchev–Trinajstić information content (AvgIpc) is 3.14. The Bertz CT molecular complexity index is 1140. The second kappa shape index (κ2) is 7.91. The van der Waals surface area contributed by atoms with Crippen LogP contribution in [0.3, 0.4) is 0 Å². The zero-order chi connectivity index (χ0) is 18.5. The summed E-state index contributed by atoms with van der Waals surface area (Å²) in [6.45, 7) is 0.496. The summed E-state index contributed by atoms with van der Waals surface area (Å²) in [6, 6.07) is 7.95. The summed E-state index contributed by atoms with van der Waals surface area (Å²) < 4.78 is 27.5. The molecule has 1 aliphatic rings. The largest absolute Gasteiger partial charge is 0.375 e. The molecule has 0 bridgehead atoms. The minimum Gasteiger partial charge on any atom is -0.375 e. The number of nitrogens with zero attached hydrogens (tertiary/aromatic N) is 5. The Morgan fingerprint density at radius 3 is 2.75 bits per heavy atom. The summed E-state index contributed by atoms with van der Waals surface area (Å²) in [5, 5.41) is 14.1. The monoisotopic (exact) mass is 587 g/mol. The molecule has 0 amide bonds. The van der Waals surface area contributed by atoms with Crippen LogP contribution in [0.1, 0.15) is 6.42 Å². The van der Waals surface area contributed by atoms with E-state index in [2.05, 4.69) is 16.2 Å². The van der Waals surface area contributed by atoms with Gasteiger partial charge in [-0.05, 0) is 6.07 Å². The van der Waals surface area contributed by atoms with Gasteiger partial charge in [-0.2, -0.15) is 14.7 Å². The van der Waals surface area contributed by atoms with Crippen LogP contribution in [0.4, 0.5) is 5.13 Å². The number of nitriles is 1. The molecule has 3 aromatic rings. The zero-order valence-electron chi connectivity index (χ0n) is 15.4. The van der Waals surface area contributed by atoms with Gasteiger partial charge in [-0.15, -0.1) is 0 Å². The molecule has 0 spiro atoms. The molecule has 0 aliphatic carbocycles. The molecule has 1 aromatic carbocycles. The number of benzene rings is 1. The van der Waals surface area contributed by atoms with E-state index in [0.717, 1.165) is 21.3 Å². The van der Waals surface area contributed by atoms with E-state index < -0.39 is 15.6 Å². The number of hydrogen-bond acceptors (Lipinski definition) is 7. The van der Waals surface area contributed by atoms with Gasteiger partial charge >= 0.3 is 0 Å². The molecular formula is C17H19N6O2S2W-. The average molecular weight is 587 g/mol. The van der Waals surface area contributed by atoms with Crippen LogP contribution in [0.5, 0.6) is 0 Å². The third-order valence-corrected chi connectivity index (χ3v) is 6.76. The number of anilines is 1. The molecule has 4 rings (SSSR count). The van der Waals surface area contributed by atoms with Gasteiger partial charge in [0, 0.05) is 51.5 Å². The van der Waals surface area contributed by atoms with E-state index in [4.69, 9.17) is 5.73 Å². The van der Waals surface area contributed by atoms with Crippen molar-refractivity contribution in [3.8, 4) is 17.2 Å². The Balaban J connectivity index is 0.00000140. The van der Waals surface area contributed by atoms with Crippen LogP contribution in [0.25, 0.3) is 21.3 Å². The molecule has 0 atom stereocenters. The van der Waals surface area contributed by atoms with E-state index in [1.54, 1.807) is 10.9 Å². The Labute approximate surface area is 182 Å². The van der Waals surface area contributed by atoms with Gasteiger partial charge in [0.2, 0.25) is 10.0 Å². The molecule has 1 saturated heterocycles. The van der Waals surface area contributed by atoms with Crippen molar-refractivity contribution in [2.75, 3.05) is 25.1 Å². The van der Waals surface area contributed by atoms with Crippen LogP contribution in [-0.4, -0.2) is 46.8 Å². The van der Waals surface area contributed by atoms with Crippen molar-refractivity contribution >= 4 is 36.7 Å². The van der Waals surface area contributed by atoms with E-state index >= 15 is 0 Å². The van der Waals surface area contributed by atoms with Crippen LogP contribution < -0.4 is 5.73 Å². The second-order valence-corrected chi connectivity index (χ2v) is 9.48. The van der Waals surface area contributed by atoms with Crippen LogP contribution >= 0.6 is 11.3 Å². The zero-order valence-corrected chi connectivity index (χ0v) is 19.9. The molecular weight excluding hydrogens is 568 g/mol. The van der Waals surface area contributed by atoms with Gasteiger partial charge in [-0.3, -0.25) is 4.68 Å². The number of thiazole rings is 1. The molecule has 148 valence electrons. The van der Waals surface area contributed by atoms with Gasteiger partial charge < -0.3 is 13.2 Å². The van der Waals surface area contributed by atoms with E-state index in [-0.39, 0.29) is 48.0 Å². The third-order valence-electron chi connectivity index (χ3n) is 4.63. The number of sulfonamides is 1. The summed E-state index contributed by atoms with van der Waals surface area (Å²) in [6.07, 6.45) is 4.96. The fourth-order valence-corrected chi connectivity index (χ4v) is 5.06. The first-order chi connectivity index (χ1) is 12.3. The van der Waals surface area contributed by atoms with Crippen molar-refractivity contribution in [1.29, 1.82) is 5.26 Å². The van der Waals surface area contributed by atoms with Crippen LogP contribution in [0, 0.1) is 18.8 Å². The Morgan fingerprint density at radius 1 is 1.39 bits per heavy atom. The number of aromatic nitrogens is 3. The fraction of sp³-hybridized carbons (Fsp3) is 0.294. The van der Waals surface area contributed by atoms with Gasteiger partial charge in [0.15, 0.2) is 5.13 Å². The maximum absolute atomic E-state index is 11.7. The van der Waals surface area contributed by atoms with E-state index in [9.17, 15) is 13.7 Å². The van der Waals surface area contributed by atoms with Crippen molar-refractivity contribution in [1.82, 2.24) is 19.1 Å². The quantitative estimate of drug-likeness (QED) is 0.468. The van der Waals surface area contributed by atoms with Crippen LogP contribution in [0.2, 0.25) is 0 Å². The molecule has 11 heteroatoms. The summed E-state index contributed by atoms with van der Waals surface area (Å²) in [5.74, 6) is 0. The smallest absolute Gasteiger partial charge is 0.211 e. The standard InChI is InChI=1S/C16H16N6O2S2.CH3.W/c1-26(23,24)21-9-16(10-21,5-6-17)22-8-11(7-19-22)12-3-2-4-13-14(12)25-15(18)20-13;;/h2-4,7-8H,5,9-10H2,1H3,(H2,18,20);1H3;/q;-1;. The van der Waals surface area contributed by atoms with Crippen molar-refractivity contribution in [3.63, 3.8) is 0 Å². The normalized spacial score (nSPS) is 15.9. The summed E-state index contributed by atoms with van der Waals surface area (Å²) in [7, 11) is -3.27. The van der Waals surface area contributed by atoms with E-state index in [0.29, 0.717) is 5.13 Å². The minimum atomic E-state index is -3.27. The minimum absolute atomic E-state index is 0. The molecule has 0 saturated carbocycles. The van der Waals surface area contributed by atoms with Crippen molar-refractivity contribution in [2.45, 2.75) is 12.0 Å². The van der Waals surface area contributed by atoms with Crippen molar-refractivity contribution < 1.29 is 29.5 Å². The molecule has 28 heavy (non-hydrogen) atoms. The summed E-state index contributed by atoms with van der Waals surface area (Å²) in [4.78, 5) is 4.30. The molecule has 1 fully saturated rings. The predicted molar refractivity (Wildman–Crippen MR) is 106 cm³/mol. The molecule has 1 aliphatic heterocycles. The number of nitrogen functional groups attached to an aromatic ring is 1. The number of nitrogens with two attached hydrogens (primary N) is 1. The van der Waals surface area contributed by atoms with Gasteiger partial charge in [0.05, 0.1) is 35.2 Å². The second-order valence-electron chi connectivity index (χ2n) is 6.47. The molecule has 2 aromatic heterocycles. The summed E-state index contributed by atoms with van der Waals surface area (Å²) >= 11 is 1.41. The Hall–Kier alpha value is -1.79. The Morgan fingerprint density at radius 2 is 2.11 bits per heavy atom. The first-order valence-corrected chi connectivity index (χ1v) is 10.5. The van der Waals surface area contributed by atoms with Gasteiger partial charge in [-0.1, -0.05) is 23.5 Å². The maximum Gasteiger partial charge on any atom is 0.211 e. The van der Waals surface area contributed by atoms with Gasteiger partial charge in [-0.25, -0.2) is 13.4 Å². The number of fused-ring (bicyclic) bond motifs is 1. The van der Waals surface area contributed by atoms with E-state index in [1.807, 2.05) is 24.4 Å². The topological polar surface area (TPSA) is 118 Å². The molecule has 0 radical (unpaired) electrons. The van der Waals surface area contributed by atoms with Crippen LogP contribution in [-0.2, 0) is 36.6 Å². The molecule has 0 unspecified atom stereocenters. The van der Waals surface area contributed by atoms with E-state index in [1.165, 1.54) is 21.9 Å². The molecule has 3 heterocycles. The third kappa shape index (κ3) is 3.72. The summed E-state index contributed by atoms with van der Waals surface area (Å²) in [5.41, 5.74) is 7.88. The fourth-order valence-electron chi connectivity index (χ4n) is 3.24.